The van der Waals surface area contributed by atoms with E-state index >= 15 is 0 Å². The minimum atomic E-state index is 0.650. The van der Waals surface area contributed by atoms with Crippen molar-refractivity contribution in [2.75, 3.05) is 5.33 Å². The zero-order valence-electron chi connectivity index (χ0n) is 10.5. The number of para-hydroxylation sites is 1. The number of aryl methyl sites for hydroxylation is 2. The van der Waals surface area contributed by atoms with E-state index in [-0.39, 0.29) is 0 Å². The normalized spacial score (nSPS) is 18.9. The Morgan fingerprint density at radius 2 is 2.24 bits per heavy atom. The van der Waals surface area contributed by atoms with Crippen molar-refractivity contribution in [1.29, 1.82) is 0 Å². The number of alkyl halides is 1. The molecule has 0 saturated heterocycles. The molecule has 1 aliphatic rings. The van der Waals surface area contributed by atoms with E-state index in [0.717, 1.165) is 11.8 Å². The van der Waals surface area contributed by atoms with Crippen LogP contribution in [0, 0.1) is 6.92 Å². The Kier molecular flexibility index (Phi) is 2.78. The number of nitrogens with zero attached hydrogens (tertiary/aromatic N) is 1. The summed E-state index contributed by atoms with van der Waals surface area (Å²) in [7, 11) is 0. The molecular weight excluding hydrogens is 274 g/mol. The monoisotopic (exact) mass is 291 g/mol. The first-order valence-corrected chi connectivity index (χ1v) is 7.53. The van der Waals surface area contributed by atoms with E-state index in [4.69, 9.17) is 0 Å². The second-order valence-corrected chi connectivity index (χ2v) is 5.87. The molecule has 3 rings (SSSR count). The van der Waals surface area contributed by atoms with Gasteiger partial charge in [-0.15, -0.1) is 0 Å². The Hall–Kier alpha value is -0.760. The lowest BCUT2D eigenvalue weighted by atomic mass is 9.99. The maximum Gasteiger partial charge on any atom is 0.0520 e. The molecule has 0 N–H and O–H groups in total. The first-order valence-electron chi connectivity index (χ1n) is 6.41. The van der Waals surface area contributed by atoms with Crippen molar-refractivity contribution in [3.8, 4) is 0 Å². The fourth-order valence-electron chi connectivity index (χ4n) is 3.28. The number of rotatable bonds is 2. The molecule has 2 heterocycles. The van der Waals surface area contributed by atoms with Gasteiger partial charge in [0.1, 0.15) is 0 Å². The van der Waals surface area contributed by atoms with Gasteiger partial charge >= 0.3 is 0 Å². The summed E-state index contributed by atoms with van der Waals surface area (Å²) < 4.78 is 2.56. The topological polar surface area (TPSA) is 4.93 Å². The van der Waals surface area contributed by atoms with Crippen LogP contribution in [0.5, 0.6) is 0 Å². The van der Waals surface area contributed by atoms with E-state index in [1.165, 1.54) is 40.6 Å². The summed E-state index contributed by atoms with van der Waals surface area (Å²) >= 11 is 3.58. The lowest BCUT2D eigenvalue weighted by Gasteiger charge is -2.24. The van der Waals surface area contributed by atoms with Gasteiger partial charge in [0, 0.05) is 22.5 Å². The maximum absolute atomic E-state index is 3.58. The Morgan fingerprint density at radius 3 is 3.00 bits per heavy atom. The van der Waals surface area contributed by atoms with Gasteiger partial charge in [0.25, 0.3) is 0 Å². The molecule has 1 nitrogen and oxygen atoms in total. The van der Waals surface area contributed by atoms with Gasteiger partial charge in [-0.2, -0.15) is 0 Å². The molecule has 1 aromatic heterocycles. The number of aromatic nitrogens is 1. The summed E-state index contributed by atoms with van der Waals surface area (Å²) in [5.74, 6) is 0. The highest BCUT2D eigenvalue weighted by Crippen LogP contribution is 2.37. The first-order chi connectivity index (χ1) is 8.24. The van der Waals surface area contributed by atoms with Crippen molar-refractivity contribution >= 4 is 26.8 Å². The predicted octanol–water partition coefficient (Wildman–Crippen LogP) is 4.39. The molecule has 0 amide bonds. The number of halogens is 1. The number of hydrogen-bond acceptors (Lipinski definition) is 0. The smallest absolute Gasteiger partial charge is 0.0520 e. The van der Waals surface area contributed by atoms with Crippen molar-refractivity contribution in [3.63, 3.8) is 0 Å². The zero-order valence-corrected chi connectivity index (χ0v) is 12.0. The van der Waals surface area contributed by atoms with Crippen LogP contribution in [0.2, 0.25) is 0 Å². The molecule has 0 spiro atoms. The quantitative estimate of drug-likeness (QED) is 0.723. The predicted molar refractivity (Wildman–Crippen MR) is 77.2 cm³/mol. The van der Waals surface area contributed by atoms with Crippen LogP contribution in [0.4, 0.5) is 0 Å². The lowest BCUT2D eigenvalue weighted by molar-refractivity contribution is 0.494. The highest BCUT2D eigenvalue weighted by Gasteiger charge is 2.22. The van der Waals surface area contributed by atoms with E-state index in [1.54, 1.807) is 0 Å². The van der Waals surface area contributed by atoms with Crippen molar-refractivity contribution in [1.82, 2.24) is 4.57 Å². The molecule has 1 unspecified atom stereocenters. The molecule has 1 aliphatic heterocycles. The van der Waals surface area contributed by atoms with Crippen molar-refractivity contribution < 1.29 is 0 Å². The summed E-state index contributed by atoms with van der Waals surface area (Å²) in [5, 5.41) is 2.52. The second kappa shape index (κ2) is 4.16. The van der Waals surface area contributed by atoms with Crippen LogP contribution in [0.3, 0.4) is 0 Å². The molecule has 2 heteroatoms. The SMILES string of the molecule is Cc1c(CCBr)c2cccc3c2n1C(C)CC3. The summed E-state index contributed by atoms with van der Waals surface area (Å²) in [6, 6.07) is 7.45. The van der Waals surface area contributed by atoms with Crippen molar-refractivity contribution in [2.24, 2.45) is 0 Å². The van der Waals surface area contributed by atoms with Gasteiger partial charge in [0.2, 0.25) is 0 Å². The molecule has 2 aromatic rings. The summed E-state index contributed by atoms with van der Waals surface area (Å²) in [6.07, 6.45) is 3.64. The molecule has 1 aromatic carbocycles. The molecule has 17 heavy (non-hydrogen) atoms. The molecule has 0 aliphatic carbocycles. The van der Waals surface area contributed by atoms with Gasteiger partial charge < -0.3 is 4.57 Å². The highest BCUT2D eigenvalue weighted by atomic mass is 79.9. The maximum atomic E-state index is 3.58. The Bertz CT molecular complexity index is 568. The summed E-state index contributed by atoms with van der Waals surface area (Å²) in [5.41, 5.74) is 6.04. The standard InChI is InChI=1S/C15H18BrN/c1-10-6-7-12-4-3-5-14-13(8-9-16)11(2)17(10)15(12)14/h3-5,10H,6-9H2,1-2H3. The Labute approximate surface area is 111 Å². The molecule has 0 bridgehead atoms. The van der Waals surface area contributed by atoms with Gasteiger partial charge in [-0.25, -0.2) is 0 Å². The molecule has 0 saturated carbocycles. The van der Waals surface area contributed by atoms with Crippen molar-refractivity contribution in [2.45, 2.75) is 39.2 Å². The van der Waals surface area contributed by atoms with E-state index in [9.17, 15) is 0 Å². The average molecular weight is 292 g/mol. The second-order valence-electron chi connectivity index (χ2n) is 5.07. The van der Waals surface area contributed by atoms with Gasteiger partial charge in [0.15, 0.2) is 0 Å². The van der Waals surface area contributed by atoms with Gasteiger partial charge in [-0.3, -0.25) is 0 Å². The third-order valence-corrected chi connectivity index (χ3v) is 4.50. The van der Waals surface area contributed by atoms with Crippen LogP contribution in [-0.4, -0.2) is 9.90 Å². The minimum Gasteiger partial charge on any atom is -0.342 e. The summed E-state index contributed by atoms with van der Waals surface area (Å²) in [4.78, 5) is 0. The van der Waals surface area contributed by atoms with Crippen LogP contribution < -0.4 is 0 Å². The van der Waals surface area contributed by atoms with Crippen LogP contribution in [0.15, 0.2) is 18.2 Å². The van der Waals surface area contributed by atoms with Gasteiger partial charge in [-0.1, -0.05) is 34.1 Å². The largest absolute Gasteiger partial charge is 0.342 e. The summed E-state index contributed by atoms with van der Waals surface area (Å²) in [6.45, 7) is 4.63. The molecular formula is C15H18BrN. The fraction of sp³-hybridized carbons (Fsp3) is 0.467. The lowest BCUT2D eigenvalue weighted by Crippen LogP contribution is -2.13. The first kappa shape index (κ1) is 11.3. The van der Waals surface area contributed by atoms with E-state index < -0.39 is 0 Å². The molecule has 90 valence electrons. The van der Waals surface area contributed by atoms with E-state index in [0.29, 0.717) is 6.04 Å². The number of hydrogen-bond donors (Lipinski definition) is 0. The van der Waals surface area contributed by atoms with E-state index in [1.807, 2.05) is 0 Å². The van der Waals surface area contributed by atoms with Crippen LogP contribution >= 0.6 is 15.9 Å². The Balaban J connectivity index is 2.38. The van der Waals surface area contributed by atoms with Crippen molar-refractivity contribution in [3.05, 3.63) is 35.0 Å². The molecule has 0 fully saturated rings. The van der Waals surface area contributed by atoms with Crippen LogP contribution in [-0.2, 0) is 12.8 Å². The third kappa shape index (κ3) is 1.57. The highest BCUT2D eigenvalue weighted by molar-refractivity contribution is 9.09. The average Bonchev–Trinajstić information content (AvgIpc) is 2.61. The Morgan fingerprint density at radius 1 is 1.41 bits per heavy atom. The van der Waals surface area contributed by atoms with Gasteiger partial charge in [-0.05, 0) is 44.2 Å². The molecule has 1 atom stereocenters. The van der Waals surface area contributed by atoms with E-state index in [2.05, 4.69) is 52.5 Å². The third-order valence-electron chi connectivity index (χ3n) is 4.10. The van der Waals surface area contributed by atoms with Crippen LogP contribution in [0.1, 0.15) is 36.2 Å². The number of benzene rings is 1. The molecule has 0 radical (unpaired) electrons. The van der Waals surface area contributed by atoms with Crippen LogP contribution in [0.25, 0.3) is 10.9 Å². The van der Waals surface area contributed by atoms with Gasteiger partial charge in [0.05, 0.1) is 5.52 Å². The fourth-order valence-corrected chi connectivity index (χ4v) is 3.68. The minimum absolute atomic E-state index is 0.650. The zero-order chi connectivity index (χ0) is 12.0.